The SMILES string of the molecule is Cc1cc(-c2ccccn2)nc(CN)n1. The van der Waals surface area contributed by atoms with Crippen LogP contribution in [-0.2, 0) is 6.54 Å². The zero-order chi connectivity index (χ0) is 10.7. The summed E-state index contributed by atoms with van der Waals surface area (Å²) >= 11 is 0. The third-order valence-electron chi connectivity index (χ3n) is 2.01. The molecule has 76 valence electrons. The van der Waals surface area contributed by atoms with Gasteiger partial charge < -0.3 is 5.73 Å². The highest BCUT2D eigenvalue weighted by atomic mass is 14.9. The van der Waals surface area contributed by atoms with Crippen LogP contribution in [0.1, 0.15) is 11.5 Å². The van der Waals surface area contributed by atoms with Crippen LogP contribution in [0.5, 0.6) is 0 Å². The molecule has 0 saturated carbocycles. The van der Waals surface area contributed by atoms with Crippen LogP contribution in [0.4, 0.5) is 0 Å². The van der Waals surface area contributed by atoms with Crippen LogP contribution in [0.3, 0.4) is 0 Å². The highest BCUT2D eigenvalue weighted by Crippen LogP contribution is 2.14. The van der Waals surface area contributed by atoms with Gasteiger partial charge >= 0.3 is 0 Å². The number of hydrogen-bond donors (Lipinski definition) is 1. The monoisotopic (exact) mass is 200 g/mol. The summed E-state index contributed by atoms with van der Waals surface area (Å²) in [4.78, 5) is 12.8. The van der Waals surface area contributed by atoms with Gasteiger partial charge in [-0.2, -0.15) is 0 Å². The van der Waals surface area contributed by atoms with Gasteiger partial charge in [0.15, 0.2) is 0 Å². The molecule has 0 amide bonds. The third-order valence-corrected chi connectivity index (χ3v) is 2.01. The Morgan fingerprint density at radius 1 is 1.20 bits per heavy atom. The normalized spacial score (nSPS) is 10.3. The average molecular weight is 200 g/mol. The van der Waals surface area contributed by atoms with Crippen LogP contribution in [0.15, 0.2) is 30.5 Å². The van der Waals surface area contributed by atoms with E-state index < -0.39 is 0 Å². The fraction of sp³-hybridized carbons (Fsp3) is 0.182. The van der Waals surface area contributed by atoms with E-state index in [4.69, 9.17) is 5.73 Å². The number of rotatable bonds is 2. The first kappa shape index (κ1) is 9.73. The summed E-state index contributed by atoms with van der Waals surface area (Å²) in [5, 5.41) is 0. The average Bonchev–Trinajstić information content (AvgIpc) is 2.29. The van der Waals surface area contributed by atoms with E-state index in [1.807, 2.05) is 31.2 Å². The van der Waals surface area contributed by atoms with Crippen LogP contribution in [-0.4, -0.2) is 15.0 Å². The standard InChI is InChI=1S/C11H12N4/c1-8-6-10(15-11(7-12)14-8)9-4-2-3-5-13-9/h2-6H,7,12H2,1H3. The summed E-state index contributed by atoms with van der Waals surface area (Å²) in [6, 6.07) is 7.63. The molecule has 0 fully saturated rings. The molecule has 2 aromatic heterocycles. The maximum atomic E-state index is 5.52. The summed E-state index contributed by atoms with van der Waals surface area (Å²) in [6.45, 7) is 2.27. The second-order valence-corrected chi connectivity index (χ2v) is 3.23. The van der Waals surface area contributed by atoms with Crippen molar-refractivity contribution in [3.05, 3.63) is 42.0 Å². The fourth-order valence-electron chi connectivity index (χ4n) is 1.37. The molecule has 15 heavy (non-hydrogen) atoms. The molecule has 0 unspecified atom stereocenters. The van der Waals surface area contributed by atoms with Crippen LogP contribution in [0.25, 0.3) is 11.4 Å². The Kier molecular flexibility index (Phi) is 2.69. The Labute approximate surface area is 88.2 Å². The fourth-order valence-corrected chi connectivity index (χ4v) is 1.37. The van der Waals surface area contributed by atoms with Crippen molar-refractivity contribution in [3.8, 4) is 11.4 Å². The van der Waals surface area contributed by atoms with Gasteiger partial charge in [-0.1, -0.05) is 6.07 Å². The predicted octanol–water partition coefficient (Wildman–Crippen LogP) is 1.31. The topological polar surface area (TPSA) is 64.7 Å². The van der Waals surface area contributed by atoms with Crippen molar-refractivity contribution in [1.29, 1.82) is 0 Å². The maximum Gasteiger partial charge on any atom is 0.142 e. The first-order valence-corrected chi connectivity index (χ1v) is 4.75. The Morgan fingerprint density at radius 2 is 2.07 bits per heavy atom. The van der Waals surface area contributed by atoms with Gasteiger partial charge in [0.05, 0.1) is 17.9 Å². The number of aryl methyl sites for hydroxylation is 1. The molecule has 0 saturated heterocycles. The molecule has 0 aliphatic rings. The lowest BCUT2D eigenvalue weighted by Crippen LogP contribution is -2.05. The lowest BCUT2D eigenvalue weighted by atomic mass is 10.2. The van der Waals surface area contributed by atoms with Gasteiger partial charge in [0.1, 0.15) is 5.82 Å². The van der Waals surface area contributed by atoms with Crippen LogP contribution >= 0.6 is 0 Å². The minimum Gasteiger partial charge on any atom is -0.324 e. The number of nitrogens with two attached hydrogens (primary N) is 1. The summed E-state index contributed by atoms with van der Waals surface area (Å²) < 4.78 is 0. The van der Waals surface area contributed by atoms with Gasteiger partial charge in [-0.15, -0.1) is 0 Å². The predicted molar refractivity (Wildman–Crippen MR) is 57.9 cm³/mol. The van der Waals surface area contributed by atoms with Gasteiger partial charge in [0.2, 0.25) is 0 Å². The van der Waals surface area contributed by atoms with Gasteiger partial charge in [-0.25, -0.2) is 9.97 Å². The summed E-state index contributed by atoms with van der Waals surface area (Å²) in [6.07, 6.45) is 1.74. The summed E-state index contributed by atoms with van der Waals surface area (Å²) in [7, 11) is 0. The highest BCUT2D eigenvalue weighted by molar-refractivity contribution is 5.53. The second-order valence-electron chi connectivity index (χ2n) is 3.23. The molecule has 0 spiro atoms. The zero-order valence-electron chi connectivity index (χ0n) is 8.51. The lowest BCUT2D eigenvalue weighted by molar-refractivity contribution is 0.892. The molecule has 2 N–H and O–H groups in total. The third kappa shape index (κ3) is 2.16. The van der Waals surface area contributed by atoms with Gasteiger partial charge in [0.25, 0.3) is 0 Å². The molecular weight excluding hydrogens is 188 g/mol. The molecule has 0 bridgehead atoms. The molecule has 0 aromatic carbocycles. The Bertz CT molecular complexity index is 453. The van der Waals surface area contributed by atoms with E-state index in [0.29, 0.717) is 12.4 Å². The van der Waals surface area contributed by atoms with Crippen molar-refractivity contribution < 1.29 is 0 Å². The maximum absolute atomic E-state index is 5.52. The van der Waals surface area contributed by atoms with Crippen molar-refractivity contribution in [2.75, 3.05) is 0 Å². The molecular formula is C11H12N4. The summed E-state index contributed by atoms with van der Waals surface area (Å²) in [5.74, 6) is 0.649. The Balaban J connectivity index is 2.49. The van der Waals surface area contributed by atoms with Crippen LogP contribution in [0.2, 0.25) is 0 Å². The van der Waals surface area contributed by atoms with E-state index in [2.05, 4.69) is 15.0 Å². The lowest BCUT2D eigenvalue weighted by Gasteiger charge is -2.03. The Morgan fingerprint density at radius 3 is 2.73 bits per heavy atom. The first-order chi connectivity index (χ1) is 7.29. The number of aromatic nitrogens is 3. The zero-order valence-corrected chi connectivity index (χ0v) is 8.51. The van der Waals surface area contributed by atoms with Crippen LogP contribution in [0, 0.1) is 6.92 Å². The minimum atomic E-state index is 0.349. The second kappa shape index (κ2) is 4.14. The van der Waals surface area contributed by atoms with E-state index in [-0.39, 0.29) is 0 Å². The number of nitrogens with zero attached hydrogens (tertiary/aromatic N) is 3. The first-order valence-electron chi connectivity index (χ1n) is 4.75. The largest absolute Gasteiger partial charge is 0.324 e. The molecule has 0 radical (unpaired) electrons. The van der Waals surface area contributed by atoms with Gasteiger partial charge in [-0.3, -0.25) is 4.98 Å². The quantitative estimate of drug-likeness (QED) is 0.793. The molecule has 2 aromatic rings. The Hall–Kier alpha value is -1.81. The molecule has 0 aliphatic carbocycles. The molecule has 4 heteroatoms. The summed E-state index contributed by atoms with van der Waals surface area (Å²) in [5.41, 5.74) is 8.10. The number of hydrogen-bond acceptors (Lipinski definition) is 4. The molecule has 4 nitrogen and oxygen atoms in total. The van der Waals surface area contributed by atoms with E-state index in [0.717, 1.165) is 17.1 Å². The molecule has 2 heterocycles. The highest BCUT2D eigenvalue weighted by Gasteiger charge is 2.03. The van der Waals surface area contributed by atoms with Gasteiger partial charge in [0, 0.05) is 11.9 Å². The van der Waals surface area contributed by atoms with E-state index >= 15 is 0 Å². The van der Waals surface area contributed by atoms with Crippen molar-refractivity contribution in [2.45, 2.75) is 13.5 Å². The van der Waals surface area contributed by atoms with E-state index in [9.17, 15) is 0 Å². The van der Waals surface area contributed by atoms with E-state index in [1.165, 1.54) is 0 Å². The number of pyridine rings is 1. The van der Waals surface area contributed by atoms with E-state index in [1.54, 1.807) is 6.20 Å². The van der Waals surface area contributed by atoms with Gasteiger partial charge in [-0.05, 0) is 25.1 Å². The van der Waals surface area contributed by atoms with Crippen molar-refractivity contribution in [1.82, 2.24) is 15.0 Å². The smallest absolute Gasteiger partial charge is 0.142 e. The van der Waals surface area contributed by atoms with Crippen molar-refractivity contribution in [2.24, 2.45) is 5.73 Å². The minimum absolute atomic E-state index is 0.349. The van der Waals surface area contributed by atoms with Crippen molar-refractivity contribution in [3.63, 3.8) is 0 Å². The molecule has 0 aliphatic heterocycles. The van der Waals surface area contributed by atoms with Crippen LogP contribution < -0.4 is 5.73 Å². The van der Waals surface area contributed by atoms with Crippen molar-refractivity contribution >= 4 is 0 Å². The molecule has 0 atom stereocenters. The molecule has 2 rings (SSSR count).